The Labute approximate surface area is 79.5 Å². The molecule has 2 nitrogen and oxygen atoms in total. The minimum Gasteiger partial charge on any atom is -0.311 e. The van der Waals surface area contributed by atoms with E-state index in [4.69, 9.17) is 0 Å². The molecular formula is C10H19FN2. The summed E-state index contributed by atoms with van der Waals surface area (Å²) in [5, 5.41) is 3.29. The Morgan fingerprint density at radius 1 is 1.54 bits per heavy atom. The highest BCUT2D eigenvalue weighted by Gasteiger charge is 2.44. The van der Waals surface area contributed by atoms with E-state index in [1.54, 1.807) is 0 Å². The lowest BCUT2D eigenvalue weighted by molar-refractivity contribution is 0.0845. The number of alkyl halides is 1. The van der Waals surface area contributed by atoms with E-state index in [1.807, 2.05) is 0 Å². The fraction of sp³-hybridized carbons (Fsp3) is 1.00. The van der Waals surface area contributed by atoms with Crippen LogP contribution in [0.25, 0.3) is 0 Å². The lowest BCUT2D eigenvalue weighted by Gasteiger charge is -2.41. The SMILES string of the molecule is CN1CCCC2(CCNC2CF)C1. The zero-order valence-corrected chi connectivity index (χ0v) is 8.35. The van der Waals surface area contributed by atoms with Crippen LogP contribution in [0.3, 0.4) is 0 Å². The molecule has 2 heterocycles. The minimum absolute atomic E-state index is 0.121. The first kappa shape index (κ1) is 9.41. The molecule has 0 aromatic carbocycles. The fourth-order valence-corrected chi connectivity index (χ4v) is 2.99. The van der Waals surface area contributed by atoms with Gasteiger partial charge >= 0.3 is 0 Å². The highest BCUT2D eigenvalue weighted by molar-refractivity contribution is 5.00. The fourth-order valence-electron chi connectivity index (χ4n) is 2.99. The minimum atomic E-state index is -0.201. The molecule has 2 fully saturated rings. The average Bonchev–Trinajstić information content (AvgIpc) is 2.47. The number of likely N-dealkylation sites (tertiary alicyclic amines) is 1. The summed E-state index contributed by atoms with van der Waals surface area (Å²) in [5.74, 6) is 0. The van der Waals surface area contributed by atoms with Crippen molar-refractivity contribution in [1.29, 1.82) is 0 Å². The summed E-state index contributed by atoms with van der Waals surface area (Å²) >= 11 is 0. The Morgan fingerprint density at radius 2 is 2.38 bits per heavy atom. The van der Waals surface area contributed by atoms with Gasteiger partial charge in [0.05, 0.1) is 0 Å². The third-order valence-corrected chi connectivity index (χ3v) is 3.71. The smallest absolute Gasteiger partial charge is 0.105 e. The maximum atomic E-state index is 12.8. The number of nitrogens with one attached hydrogen (secondary N) is 1. The molecule has 0 aromatic heterocycles. The van der Waals surface area contributed by atoms with Crippen LogP contribution >= 0.6 is 0 Å². The zero-order chi connectivity index (χ0) is 9.31. The molecule has 1 N–H and O–H groups in total. The van der Waals surface area contributed by atoms with Crippen LogP contribution in [0.1, 0.15) is 19.3 Å². The first-order chi connectivity index (χ1) is 6.27. The van der Waals surface area contributed by atoms with Crippen molar-refractivity contribution >= 4 is 0 Å². The molecule has 2 unspecified atom stereocenters. The molecule has 13 heavy (non-hydrogen) atoms. The maximum absolute atomic E-state index is 12.8. The van der Waals surface area contributed by atoms with E-state index in [-0.39, 0.29) is 18.1 Å². The third kappa shape index (κ3) is 1.59. The van der Waals surface area contributed by atoms with Gasteiger partial charge in [-0.3, -0.25) is 0 Å². The number of nitrogens with zero attached hydrogens (tertiary/aromatic N) is 1. The van der Waals surface area contributed by atoms with Crippen molar-refractivity contribution in [2.45, 2.75) is 25.3 Å². The molecule has 0 saturated carbocycles. The topological polar surface area (TPSA) is 15.3 Å². The van der Waals surface area contributed by atoms with Crippen molar-refractivity contribution < 1.29 is 4.39 Å². The predicted octanol–water partition coefficient (Wildman–Crippen LogP) is 1.03. The van der Waals surface area contributed by atoms with E-state index in [2.05, 4.69) is 17.3 Å². The van der Waals surface area contributed by atoms with Gasteiger partial charge in [-0.2, -0.15) is 0 Å². The summed E-state index contributed by atoms with van der Waals surface area (Å²) in [6.45, 7) is 3.06. The number of hydrogen-bond donors (Lipinski definition) is 1. The molecule has 0 bridgehead atoms. The molecule has 0 amide bonds. The Bertz CT molecular complexity index is 186. The second-order valence-electron chi connectivity index (χ2n) is 4.61. The number of rotatable bonds is 1. The van der Waals surface area contributed by atoms with Gasteiger partial charge in [0.2, 0.25) is 0 Å². The van der Waals surface area contributed by atoms with Crippen LogP contribution in [0.5, 0.6) is 0 Å². The van der Waals surface area contributed by atoms with Crippen molar-refractivity contribution in [2.24, 2.45) is 5.41 Å². The number of halogens is 1. The summed E-state index contributed by atoms with van der Waals surface area (Å²) in [5.41, 5.74) is 0.252. The van der Waals surface area contributed by atoms with Gasteiger partial charge in [0, 0.05) is 18.0 Å². The van der Waals surface area contributed by atoms with Crippen molar-refractivity contribution in [3.05, 3.63) is 0 Å². The summed E-state index contributed by atoms with van der Waals surface area (Å²) in [6, 6.07) is 0.121. The molecule has 3 heteroatoms. The molecule has 2 aliphatic heterocycles. The van der Waals surface area contributed by atoms with Crippen LogP contribution in [0.4, 0.5) is 4.39 Å². The van der Waals surface area contributed by atoms with Crippen molar-refractivity contribution in [3.8, 4) is 0 Å². The van der Waals surface area contributed by atoms with Crippen LogP contribution in [-0.4, -0.2) is 44.3 Å². The van der Waals surface area contributed by atoms with Crippen molar-refractivity contribution in [1.82, 2.24) is 10.2 Å². The van der Waals surface area contributed by atoms with Gasteiger partial charge in [-0.15, -0.1) is 0 Å². The number of hydrogen-bond acceptors (Lipinski definition) is 2. The quantitative estimate of drug-likeness (QED) is 0.658. The lowest BCUT2D eigenvalue weighted by atomic mass is 9.74. The highest BCUT2D eigenvalue weighted by atomic mass is 19.1. The summed E-state index contributed by atoms with van der Waals surface area (Å²) in [6.07, 6.45) is 3.60. The summed E-state index contributed by atoms with van der Waals surface area (Å²) in [7, 11) is 2.15. The standard InChI is InChI=1S/C10H19FN2/c1-13-6-2-3-10(8-13)4-5-12-9(10)7-11/h9,12H,2-8H2,1H3. The Hall–Kier alpha value is -0.150. The zero-order valence-electron chi connectivity index (χ0n) is 8.35. The maximum Gasteiger partial charge on any atom is 0.105 e. The van der Waals surface area contributed by atoms with E-state index >= 15 is 0 Å². The monoisotopic (exact) mass is 186 g/mol. The molecule has 2 aliphatic rings. The van der Waals surface area contributed by atoms with Gasteiger partial charge in [-0.25, -0.2) is 4.39 Å². The first-order valence-electron chi connectivity index (χ1n) is 5.25. The molecule has 1 spiro atoms. The van der Waals surface area contributed by atoms with Crippen molar-refractivity contribution in [3.63, 3.8) is 0 Å². The first-order valence-corrected chi connectivity index (χ1v) is 5.25. The van der Waals surface area contributed by atoms with Gasteiger partial charge in [0.25, 0.3) is 0 Å². The molecule has 0 radical (unpaired) electrons. The average molecular weight is 186 g/mol. The van der Waals surface area contributed by atoms with E-state index in [0.29, 0.717) is 0 Å². The van der Waals surface area contributed by atoms with Crippen LogP contribution in [-0.2, 0) is 0 Å². The summed E-state index contributed by atoms with van der Waals surface area (Å²) in [4.78, 5) is 2.35. The van der Waals surface area contributed by atoms with Crippen LogP contribution < -0.4 is 5.32 Å². The van der Waals surface area contributed by atoms with E-state index in [1.165, 1.54) is 19.4 Å². The van der Waals surface area contributed by atoms with Gasteiger partial charge in [0.15, 0.2) is 0 Å². The predicted molar refractivity (Wildman–Crippen MR) is 51.5 cm³/mol. The number of piperidine rings is 1. The van der Waals surface area contributed by atoms with E-state index in [0.717, 1.165) is 19.5 Å². The van der Waals surface area contributed by atoms with Gasteiger partial charge in [-0.1, -0.05) is 0 Å². The van der Waals surface area contributed by atoms with E-state index < -0.39 is 0 Å². The molecule has 0 aromatic rings. The Morgan fingerprint density at radius 3 is 3.08 bits per heavy atom. The van der Waals surface area contributed by atoms with Gasteiger partial charge in [0.1, 0.15) is 6.67 Å². The molecular weight excluding hydrogens is 167 g/mol. The van der Waals surface area contributed by atoms with Crippen LogP contribution in [0, 0.1) is 5.41 Å². The summed E-state index contributed by atoms with van der Waals surface area (Å²) < 4.78 is 12.8. The van der Waals surface area contributed by atoms with Crippen LogP contribution in [0.2, 0.25) is 0 Å². The highest BCUT2D eigenvalue weighted by Crippen LogP contribution is 2.39. The normalized spacial score (nSPS) is 41.5. The van der Waals surface area contributed by atoms with Crippen molar-refractivity contribution in [2.75, 3.05) is 33.4 Å². The molecule has 2 atom stereocenters. The van der Waals surface area contributed by atoms with Crippen LogP contribution in [0.15, 0.2) is 0 Å². The Balaban J connectivity index is 2.08. The van der Waals surface area contributed by atoms with Gasteiger partial charge < -0.3 is 10.2 Å². The lowest BCUT2D eigenvalue weighted by Crippen LogP contribution is -2.49. The molecule has 76 valence electrons. The second-order valence-corrected chi connectivity index (χ2v) is 4.61. The molecule has 2 saturated heterocycles. The largest absolute Gasteiger partial charge is 0.311 e. The van der Waals surface area contributed by atoms with E-state index in [9.17, 15) is 4.39 Å². The molecule has 2 rings (SSSR count). The third-order valence-electron chi connectivity index (χ3n) is 3.71. The Kier molecular flexibility index (Phi) is 2.56. The van der Waals surface area contributed by atoms with Gasteiger partial charge in [-0.05, 0) is 39.4 Å². The molecule has 0 aliphatic carbocycles. The second kappa shape index (κ2) is 3.54.